The Labute approximate surface area is 107 Å². The van der Waals surface area contributed by atoms with Gasteiger partial charge < -0.3 is 15.7 Å². The third-order valence-electron chi connectivity index (χ3n) is 3.24. The van der Waals surface area contributed by atoms with Crippen molar-refractivity contribution in [3.8, 4) is 0 Å². The lowest BCUT2D eigenvalue weighted by molar-refractivity contribution is -0.0201. The van der Waals surface area contributed by atoms with Crippen LogP contribution < -0.4 is 10.6 Å². The fourth-order valence-corrected chi connectivity index (χ4v) is 1.94. The summed E-state index contributed by atoms with van der Waals surface area (Å²) in [5.41, 5.74) is 0.629. The second-order valence-corrected chi connectivity index (χ2v) is 4.72. The highest BCUT2D eigenvalue weighted by Gasteiger charge is 2.33. The molecule has 3 N–H and O–H groups in total. The highest BCUT2D eigenvalue weighted by molar-refractivity contribution is 5.93. The lowest BCUT2D eigenvalue weighted by Gasteiger charge is -2.36. The Bertz CT molecular complexity index is 430. The summed E-state index contributed by atoms with van der Waals surface area (Å²) in [5, 5.41) is 15.8. The molecule has 0 saturated heterocycles. The van der Waals surface area contributed by atoms with Gasteiger partial charge in [-0.25, -0.2) is 0 Å². The Kier molecular flexibility index (Phi) is 3.81. The van der Waals surface area contributed by atoms with Gasteiger partial charge in [0.25, 0.3) is 5.91 Å². The van der Waals surface area contributed by atoms with Crippen LogP contribution in [0.15, 0.2) is 18.3 Å². The first-order chi connectivity index (χ1) is 8.63. The molecule has 0 atom stereocenters. The van der Waals surface area contributed by atoms with Crippen molar-refractivity contribution < 1.29 is 9.90 Å². The van der Waals surface area contributed by atoms with Crippen molar-refractivity contribution in [2.45, 2.75) is 31.8 Å². The minimum absolute atomic E-state index is 0.177. The minimum Gasteiger partial charge on any atom is -0.388 e. The number of nitrogens with one attached hydrogen (secondary N) is 2. The number of hydrogen-bond acceptors (Lipinski definition) is 4. The maximum absolute atomic E-state index is 11.6. The number of aliphatic hydroxyl groups is 1. The van der Waals surface area contributed by atoms with Crippen molar-refractivity contribution in [3.05, 3.63) is 24.0 Å². The predicted molar refractivity (Wildman–Crippen MR) is 69.5 cm³/mol. The van der Waals surface area contributed by atoms with Gasteiger partial charge in [0.1, 0.15) is 5.69 Å². The summed E-state index contributed by atoms with van der Waals surface area (Å²) in [6, 6.07) is 3.50. The van der Waals surface area contributed by atoms with Crippen LogP contribution in [0.2, 0.25) is 0 Å². The van der Waals surface area contributed by atoms with Crippen molar-refractivity contribution in [2.75, 3.05) is 18.4 Å². The molecular weight excluding hydrogens is 230 g/mol. The van der Waals surface area contributed by atoms with E-state index >= 15 is 0 Å². The Morgan fingerprint density at radius 1 is 1.56 bits per heavy atom. The van der Waals surface area contributed by atoms with E-state index in [0.29, 0.717) is 18.8 Å². The first kappa shape index (κ1) is 12.8. The molecule has 1 fully saturated rings. The van der Waals surface area contributed by atoms with Crippen LogP contribution in [0.3, 0.4) is 0 Å². The van der Waals surface area contributed by atoms with Crippen molar-refractivity contribution in [1.29, 1.82) is 0 Å². The van der Waals surface area contributed by atoms with Gasteiger partial charge in [-0.3, -0.25) is 9.78 Å². The SMILES string of the molecule is CCNC(=O)c1cc(NCC2(O)CCC2)ccn1. The molecule has 2 rings (SSSR count). The molecule has 0 spiro atoms. The van der Waals surface area contributed by atoms with Crippen LogP contribution in [0, 0.1) is 0 Å². The van der Waals surface area contributed by atoms with Gasteiger partial charge in [-0.05, 0) is 38.3 Å². The summed E-state index contributed by atoms with van der Waals surface area (Å²) < 4.78 is 0. The number of aromatic nitrogens is 1. The number of rotatable bonds is 5. The molecule has 5 heteroatoms. The second-order valence-electron chi connectivity index (χ2n) is 4.72. The van der Waals surface area contributed by atoms with Crippen LogP contribution in [-0.4, -0.2) is 34.7 Å². The molecule has 18 heavy (non-hydrogen) atoms. The first-order valence-electron chi connectivity index (χ1n) is 6.33. The molecular formula is C13H19N3O2. The van der Waals surface area contributed by atoms with Crippen LogP contribution in [0.1, 0.15) is 36.7 Å². The van der Waals surface area contributed by atoms with Crippen molar-refractivity contribution in [1.82, 2.24) is 10.3 Å². The average Bonchev–Trinajstić information content (AvgIpc) is 2.35. The molecule has 0 aromatic carbocycles. The number of amides is 1. The quantitative estimate of drug-likeness (QED) is 0.732. The van der Waals surface area contributed by atoms with Crippen molar-refractivity contribution >= 4 is 11.6 Å². The molecule has 1 amide bonds. The fraction of sp³-hybridized carbons (Fsp3) is 0.538. The van der Waals surface area contributed by atoms with Gasteiger partial charge in [0.2, 0.25) is 0 Å². The summed E-state index contributed by atoms with van der Waals surface area (Å²) in [7, 11) is 0. The Morgan fingerprint density at radius 2 is 2.33 bits per heavy atom. The molecule has 1 heterocycles. The van der Waals surface area contributed by atoms with E-state index in [1.807, 2.05) is 6.92 Å². The van der Waals surface area contributed by atoms with Crippen molar-refractivity contribution in [2.24, 2.45) is 0 Å². The van der Waals surface area contributed by atoms with E-state index in [1.165, 1.54) is 0 Å². The molecule has 1 aromatic heterocycles. The van der Waals surface area contributed by atoms with Gasteiger partial charge >= 0.3 is 0 Å². The maximum Gasteiger partial charge on any atom is 0.269 e. The summed E-state index contributed by atoms with van der Waals surface area (Å²) in [5.74, 6) is -0.177. The van der Waals surface area contributed by atoms with Gasteiger partial charge in [0, 0.05) is 25.0 Å². The Hall–Kier alpha value is -1.62. The zero-order chi connectivity index (χ0) is 13.0. The number of anilines is 1. The molecule has 1 aromatic rings. The zero-order valence-electron chi connectivity index (χ0n) is 10.6. The normalized spacial score (nSPS) is 16.8. The predicted octanol–water partition coefficient (Wildman–Crippen LogP) is 1.16. The maximum atomic E-state index is 11.6. The van der Waals surface area contributed by atoms with Crippen LogP contribution >= 0.6 is 0 Å². The molecule has 1 saturated carbocycles. The average molecular weight is 249 g/mol. The van der Waals surface area contributed by atoms with Gasteiger partial charge in [0.15, 0.2) is 0 Å². The molecule has 0 aliphatic heterocycles. The van der Waals surface area contributed by atoms with E-state index in [0.717, 1.165) is 24.9 Å². The highest BCUT2D eigenvalue weighted by Crippen LogP contribution is 2.31. The highest BCUT2D eigenvalue weighted by atomic mass is 16.3. The smallest absolute Gasteiger partial charge is 0.269 e. The minimum atomic E-state index is -0.574. The molecule has 0 unspecified atom stereocenters. The molecule has 1 aliphatic rings. The van der Waals surface area contributed by atoms with E-state index in [4.69, 9.17) is 0 Å². The lowest BCUT2D eigenvalue weighted by Crippen LogP contribution is -2.43. The van der Waals surface area contributed by atoms with E-state index in [1.54, 1.807) is 18.3 Å². The number of hydrogen-bond donors (Lipinski definition) is 3. The van der Waals surface area contributed by atoms with Gasteiger partial charge in [-0.1, -0.05) is 0 Å². The third-order valence-corrected chi connectivity index (χ3v) is 3.24. The number of carbonyl (C=O) groups is 1. The number of carbonyl (C=O) groups excluding carboxylic acids is 1. The van der Waals surface area contributed by atoms with Gasteiger partial charge in [-0.2, -0.15) is 0 Å². The summed E-state index contributed by atoms with van der Waals surface area (Å²) >= 11 is 0. The van der Waals surface area contributed by atoms with E-state index < -0.39 is 5.60 Å². The van der Waals surface area contributed by atoms with E-state index in [2.05, 4.69) is 15.6 Å². The topological polar surface area (TPSA) is 74.2 Å². The lowest BCUT2D eigenvalue weighted by atomic mass is 9.80. The fourth-order valence-electron chi connectivity index (χ4n) is 1.94. The summed E-state index contributed by atoms with van der Waals surface area (Å²) in [6.07, 6.45) is 4.36. The summed E-state index contributed by atoms with van der Waals surface area (Å²) in [4.78, 5) is 15.6. The number of pyridine rings is 1. The largest absolute Gasteiger partial charge is 0.388 e. The van der Waals surface area contributed by atoms with Gasteiger partial charge in [0.05, 0.1) is 5.60 Å². The Morgan fingerprint density at radius 3 is 2.94 bits per heavy atom. The van der Waals surface area contributed by atoms with E-state index in [-0.39, 0.29) is 5.91 Å². The third kappa shape index (κ3) is 2.98. The number of nitrogens with zero attached hydrogens (tertiary/aromatic N) is 1. The molecule has 0 radical (unpaired) electrons. The standard InChI is InChI=1S/C13H19N3O2/c1-2-14-12(17)11-8-10(4-7-15-11)16-9-13(18)5-3-6-13/h4,7-8,18H,2-3,5-6,9H2,1H3,(H,14,17)(H,15,16). The molecule has 5 nitrogen and oxygen atoms in total. The van der Waals surface area contributed by atoms with Crippen LogP contribution in [0.5, 0.6) is 0 Å². The van der Waals surface area contributed by atoms with Crippen LogP contribution in [0.4, 0.5) is 5.69 Å². The van der Waals surface area contributed by atoms with E-state index in [9.17, 15) is 9.90 Å². The molecule has 1 aliphatic carbocycles. The van der Waals surface area contributed by atoms with Gasteiger partial charge in [-0.15, -0.1) is 0 Å². The zero-order valence-corrected chi connectivity index (χ0v) is 10.6. The second kappa shape index (κ2) is 5.35. The van der Waals surface area contributed by atoms with Crippen LogP contribution in [-0.2, 0) is 0 Å². The summed E-state index contributed by atoms with van der Waals surface area (Å²) in [6.45, 7) is 2.97. The van der Waals surface area contributed by atoms with Crippen LogP contribution in [0.25, 0.3) is 0 Å². The monoisotopic (exact) mass is 249 g/mol. The Balaban J connectivity index is 1.96. The molecule has 98 valence electrons. The molecule has 0 bridgehead atoms. The van der Waals surface area contributed by atoms with Crippen molar-refractivity contribution in [3.63, 3.8) is 0 Å². The first-order valence-corrected chi connectivity index (χ1v) is 6.33.